The highest BCUT2D eigenvalue weighted by molar-refractivity contribution is 7.90. The number of ether oxygens (including phenoxy) is 2. The van der Waals surface area contributed by atoms with Gasteiger partial charge in [-0.1, -0.05) is 30.3 Å². The lowest BCUT2D eigenvalue weighted by Crippen LogP contribution is -2.38. The fourth-order valence-corrected chi connectivity index (χ4v) is 6.60. The van der Waals surface area contributed by atoms with Gasteiger partial charge in [0.05, 0.1) is 4.90 Å². The molecule has 3 amide bonds. The highest BCUT2D eigenvalue weighted by Crippen LogP contribution is 2.43. The molecule has 1 aliphatic rings. The maximum atomic E-state index is 13.3. The Morgan fingerprint density at radius 3 is 2.30 bits per heavy atom. The molecule has 0 atom stereocenters. The Kier molecular flexibility index (Phi) is 14.5. The monoisotopic (exact) mass is 674 g/mol. The van der Waals surface area contributed by atoms with E-state index in [1.54, 1.807) is 13.8 Å². The third kappa shape index (κ3) is 12.1. The number of nitrogens with zero attached hydrogens (tertiary/aromatic N) is 2. The van der Waals surface area contributed by atoms with Crippen LogP contribution in [-0.2, 0) is 37.4 Å². The van der Waals surface area contributed by atoms with E-state index in [2.05, 4.69) is 20.8 Å². The minimum Gasteiger partial charge on any atom is -0.487 e. The molecule has 1 heterocycles. The number of hydrogen-bond acceptors (Lipinski definition) is 8. The summed E-state index contributed by atoms with van der Waals surface area (Å²) in [5, 5.41) is 2.81. The van der Waals surface area contributed by atoms with Crippen LogP contribution < -0.4 is 26.2 Å². The molecule has 0 saturated heterocycles. The van der Waals surface area contributed by atoms with Crippen LogP contribution in [0.4, 0.5) is 4.79 Å². The second kappa shape index (κ2) is 17.5. The Labute approximate surface area is 278 Å². The van der Waals surface area contributed by atoms with Gasteiger partial charge in [0.2, 0.25) is 17.8 Å². The van der Waals surface area contributed by atoms with Gasteiger partial charge >= 0.3 is 6.09 Å². The maximum Gasteiger partial charge on any atom is 0.410 e. The predicted octanol–water partition coefficient (Wildman–Crippen LogP) is 3.36. The summed E-state index contributed by atoms with van der Waals surface area (Å²) in [6.07, 6.45) is 1.56. The average Bonchev–Trinajstić information content (AvgIpc) is 3.32. The number of rotatable bonds is 13. The van der Waals surface area contributed by atoms with Crippen LogP contribution in [0.1, 0.15) is 74.8 Å². The maximum absolute atomic E-state index is 13.3. The quantitative estimate of drug-likeness (QED) is 0.141. The molecule has 3 rings (SSSR count). The summed E-state index contributed by atoms with van der Waals surface area (Å²) in [6, 6.07) is 9.43. The van der Waals surface area contributed by atoms with E-state index in [1.165, 1.54) is 11.8 Å². The van der Waals surface area contributed by atoms with Crippen LogP contribution in [0.2, 0.25) is 0 Å². The minimum absolute atomic E-state index is 0.142. The molecule has 0 spiro atoms. The van der Waals surface area contributed by atoms with Crippen molar-refractivity contribution in [3.63, 3.8) is 0 Å². The fourth-order valence-electron chi connectivity index (χ4n) is 5.07. The molecule has 2 aromatic carbocycles. The molecule has 0 saturated carbocycles. The van der Waals surface area contributed by atoms with Gasteiger partial charge < -0.3 is 31.2 Å². The second-order valence-electron chi connectivity index (χ2n) is 12.0. The largest absolute Gasteiger partial charge is 0.487 e. The molecule has 0 fully saturated rings. The number of unbranched alkanes of at least 4 members (excludes halogenated alkanes) is 1. The van der Waals surface area contributed by atoms with Crippen molar-refractivity contribution in [3.8, 4) is 5.75 Å². The number of guanidine groups is 1. The Hall–Kier alpha value is -4.33. The van der Waals surface area contributed by atoms with Gasteiger partial charge in [-0.25, -0.2) is 17.9 Å². The van der Waals surface area contributed by atoms with Crippen LogP contribution in [-0.4, -0.2) is 69.0 Å². The van der Waals surface area contributed by atoms with Crippen LogP contribution >= 0.6 is 0 Å². The summed E-state index contributed by atoms with van der Waals surface area (Å²) >= 11 is 0. The van der Waals surface area contributed by atoms with E-state index < -0.39 is 21.7 Å². The van der Waals surface area contributed by atoms with E-state index in [-0.39, 0.29) is 42.2 Å². The fraction of sp³-hybridized carbons (Fsp3) is 0.515. The lowest BCUT2D eigenvalue weighted by atomic mass is 9.94. The SMILES string of the molecule is CC(N)=O.CCN(CCNC(=O)CCCCN=C(N)NS(=O)(=O)c1c(C)c(C)c2c(c1C)CC(C)(C)O2)C(=O)OCc1ccccc1. The Bertz CT molecular complexity index is 1540. The van der Waals surface area contributed by atoms with Crippen LogP contribution in [0, 0.1) is 20.8 Å². The van der Waals surface area contributed by atoms with E-state index >= 15 is 0 Å². The number of carbonyl (C=O) groups excluding carboxylic acids is 3. The van der Waals surface area contributed by atoms with Gasteiger partial charge in [0.1, 0.15) is 18.0 Å². The standard InChI is InChI=1S/C31H45N5O6S.C2H5NO/c1-7-36(30(38)41-20-24-13-9-8-10-14-24)18-17-33-26(37)15-11-12-16-34-29(32)35-43(39,40)28-22(3)21(2)27-25(23(28)4)19-31(5,6)42-27;1-2(3)4/h8-10,13-14H,7,11-12,15-20H2,1-6H3,(H,33,37)(H3,32,34,35);1H3,(H2,3,4). The molecule has 0 aromatic heterocycles. The van der Waals surface area contributed by atoms with Gasteiger partial charge in [-0.05, 0) is 76.6 Å². The number of fused-ring (bicyclic) bond motifs is 1. The van der Waals surface area contributed by atoms with Gasteiger partial charge in [-0.2, -0.15) is 0 Å². The number of primary amides is 1. The number of nitrogens with two attached hydrogens (primary N) is 2. The van der Waals surface area contributed by atoms with Crippen molar-refractivity contribution < 1.29 is 32.3 Å². The van der Waals surface area contributed by atoms with Gasteiger partial charge in [-0.3, -0.25) is 14.6 Å². The van der Waals surface area contributed by atoms with E-state index in [0.717, 1.165) is 22.4 Å². The number of likely N-dealkylation sites (N-methyl/N-ethyl adjacent to an activating group) is 1. The first-order valence-corrected chi connectivity index (χ1v) is 17.1. The van der Waals surface area contributed by atoms with Gasteiger partial charge in [0.15, 0.2) is 0 Å². The number of carbonyl (C=O) groups is 3. The van der Waals surface area contributed by atoms with E-state index in [1.807, 2.05) is 58.0 Å². The molecule has 6 N–H and O–H groups in total. The van der Waals surface area contributed by atoms with Crippen molar-refractivity contribution in [2.45, 2.75) is 91.3 Å². The molecule has 47 heavy (non-hydrogen) atoms. The van der Waals surface area contributed by atoms with Crippen LogP contribution in [0.15, 0.2) is 40.2 Å². The number of nitrogens with one attached hydrogen (secondary N) is 2. The number of amides is 3. The molecule has 1 aliphatic heterocycles. The summed E-state index contributed by atoms with van der Waals surface area (Å²) < 4.78 is 40.4. The van der Waals surface area contributed by atoms with Crippen LogP contribution in [0.3, 0.4) is 0 Å². The molecule has 0 aliphatic carbocycles. The van der Waals surface area contributed by atoms with Crippen LogP contribution in [0.5, 0.6) is 5.75 Å². The van der Waals surface area contributed by atoms with Gasteiger partial charge in [0.25, 0.3) is 10.0 Å². The zero-order valence-electron chi connectivity index (χ0n) is 28.6. The third-order valence-electron chi connectivity index (χ3n) is 7.44. The molecular weight excluding hydrogens is 624 g/mol. The summed E-state index contributed by atoms with van der Waals surface area (Å²) in [5.74, 6) is 0.0851. The molecule has 260 valence electrons. The van der Waals surface area contributed by atoms with E-state index in [0.29, 0.717) is 50.0 Å². The van der Waals surface area contributed by atoms with Crippen molar-refractivity contribution in [3.05, 3.63) is 58.1 Å². The first-order valence-electron chi connectivity index (χ1n) is 15.6. The normalized spacial score (nSPS) is 13.4. The first kappa shape index (κ1) is 38.9. The molecule has 0 unspecified atom stereocenters. The van der Waals surface area contributed by atoms with E-state index in [9.17, 15) is 22.8 Å². The lowest BCUT2D eigenvalue weighted by Gasteiger charge is -2.20. The predicted molar refractivity (Wildman–Crippen MR) is 181 cm³/mol. The molecule has 13 nitrogen and oxygen atoms in total. The van der Waals surface area contributed by atoms with Gasteiger partial charge in [-0.15, -0.1) is 0 Å². The Morgan fingerprint density at radius 2 is 1.68 bits per heavy atom. The highest BCUT2D eigenvalue weighted by atomic mass is 32.2. The minimum atomic E-state index is -3.96. The summed E-state index contributed by atoms with van der Waals surface area (Å²) in [4.78, 5) is 39.7. The molecule has 2 aromatic rings. The zero-order chi connectivity index (χ0) is 35.4. The molecular formula is C33H50N6O7S. The summed E-state index contributed by atoms with van der Waals surface area (Å²) in [5.41, 5.74) is 13.9. The van der Waals surface area contributed by atoms with Crippen molar-refractivity contribution in [2.24, 2.45) is 16.5 Å². The number of hydrogen-bond donors (Lipinski definition) is 4. The van der Waals surface area contributed by atoms with Crippen molar-refractivity contribution in [1.29, 1.82) is 0 Å². The first-order chi connectivity index (χ1) is 22.0. The Morgan fingerprint density at radius 1 is 1.04 bits per heavy atom. The smallest absolute Gasteiger partial charge is 0.410 e. The second-order valence-corrected chi connectivity index (χ2v) is 13.6. The highest BCUT2D eigenvalue weighted by Gasteiger charge is 2.36. The summed E-state index contributed by atoms with van der Waals surface area (Å²) in [6.45, 7) is 14.1. The van der Waals surface area contributed by atoms with Crippen molar-refractivity contribution in [1.82, 2.24) is 14.9 Å². The summed E-state index contributed by atoms with van der Waals surface area (Å²) in [7, 11) is -3.96. The topological polar surface area (TPSA) is 196 Å². The van der Waals surface area contributed by atoms with Crippen LogP contribution in [0.25, 0.3) is 0 Å². The lowest BCUT2D eigenvalue weighted by molar-refractivity contribution is -0.121. The van der Waals surface area contributed by atoms with Crippen molar-refractivity contribution >= 4 is 33.9 Å². The third-order valence-corrected chi connectivity index (χ3v) is 9.07. The van der Waals surface area contributed by atoms with E-state index in [4.69, 9.17) is 15.2 Å². The molecule has 14 heteroatoms. The molecule has 0 radical (unpaired) electrons. The number of sulfonamides is 1. The number of aliphatic imine (C=N–C) groups is 1. The zero-order valence-corrected chi connectivity index (χ0v) is 29.4. The average molecular weight is 675 g/mol. The molecule has 0 bridgehead atoms. The Balaban J connectivity index is 0.00000181. The number of benzene rings is 2. The van der Waals surface area contributed by atoms with Gasteiger partial charge in [0, 0.05) is 51.5 Å². The van der Waals surface area contributed by atoms with Crippen molar-refractivity contribution in [2.75, 3.05) is 26.2 Å².